The Morgan fingerprint density at radius 3 is 2.67 bits per heavy atom. The van der Waals surface area contributed by atoms with Crippen LogP contribution >= 0.6 is 11.8 Å². The first-order valence-corrected chi connectivity index (χ1v) is 8.67. The van der Waals surface area contributed by atoms with Crippen LogP contribution in [0.1, 0.15) is 5.56 Å². The molecule has 1 aromatic carbocycles. The van der Waals surface area contributed by atoms with Crippen LogP contribution in [0.15, 0.2) is 29.2 Å². The molecular formula is C13H14N2O4S2. The molecule has 1 saturated heterocycles. The number of nitrogens with zero attached hydrogens (tertiary/aromatic N) is 2. The fourth-order valence-corrected chi connectivity index (χ4v) is 4.76. The molecular weight excluding hydrogens is 312 g/mol. The Kier molecular flexibility index (Phi) is 4.88. The third-order valence-electron chi connectivity index (χ3n) is 3.11. The largest absolute Gasteiger partial charge is 0.468 e. The highest BCUT2D eigenvalue weighted by molar-refractivity contribution is 8.00. The fraction of sp³-hybridized carbons (Fsp3) is 0.385. The van der Waals surface area contributed by atoms with Crippen LogP contribution in [-0.4, -0.2) is 49.9 Å². The van der Waals surface area contributed by atoms with Crippen molar-refractivity contribution in [3.8, 4) is 6.07 Å². The number of esters is 1. The molecule has 0 spiro atoms. The van der Waals surface area contributed by atoms with E-state index in [1.807, 2.05) is 6.07 Å². The van der Waals surface area contributed by atoms with E-state index in [-0.39, 0.29) is 11.4 Å². The Hall–Kier alpha value is -1.56. The summed E-state index contributed by atoms with van der Waals surface area (Å²) >= 11 is 1.39. The van der Waals surface area contributed by atoms with Gasteiger partial charge >= 0.3 is 5.97 Å². The predicted molar refractivity (Wildman–Crippen MR) is 78.2 cm³/mol. The maximum atomic E-state index is 12.5. The summed E-state index contributed by atoms with van der Waals surface area (Å²) in [6.07, 6.45) is 0. The van der Waals surface area contributed by atoms with Gasteiger partial charge in [-0.05, 0) is 24.3 Å². The first kappa shape index (κ1) is 15.8. The molecule has 21 heavy (non-hydrogen) atoms. The number of hydrogen-bond acceptors (Lipinski definition) is 6. The first-order valence-electron chi connectivity index (χ1n) is 6.19. The van der Waals surface area contributed by atoms with Crippen molar-refractivity contribution in [2.24, 2.45) is 0 Å². The van der Waals surface area contributed by atoms with E-state index in [1.54, 1.807) is 0 Å². The molecule has 0 N–H and O–H groups in total. The number of ether oxygens (including phenoxy) is 1. The monoisotopic (exact) mass is 326 g/mol. The number of carbonyl (C=O) groups is 1. The molecule has 1 heterocycles. The van der Waals surface area contributed by atoms with Gasteiger partial charge in [-0.3, -0.25) is 4.79 Å². The van der Waals surface area contributed by atoms with E-state index in [9.17, 15) is 13.2 Å². The van der Waals surface area contributed by atoms with Gasteiger partial charge in [-0.2, -0.15) is 9.57 Å². The molecule has 1 atom stereocenters. The van der Waals surface area contributed by atoms with Crippen LogP contribution in [0.3, 0.4) is 0 Å². The van der Waals surface area contributed by atoms with Gasteiger partial charge in [0, 0.05) is 18.8 Å². The molecule has 0 aromatic heterocycles. The first-order chi connectivity index (χ1) is 9.98. The van der Waals surface area contributed by atoms with E-state index in [1.165, 1.54) is 47.4 Å². The highest BCUT2D eigenvalue weighted by Crippen LogP contribution is 2.25. The second-order valence-electron chi connectivity index (χ2n) is 4.38. The molecule has 1 aromatic rings. The Balaban J connectivity index is 2.22. The van der Waals surface area contributed by atoms with Crippen molar-refractivity contribution >= 4 is 27.8 Å². The highest BCUT2D eigenvalue weighted by Gasteiger charge is 2.34. The van der Waals surface area contributed by atoms with E-state index in [0.717, 1.165) is 0 Å². The van der Waals surface area contributed by atoms with E-state index in [4.69, 9.17) is 5.26 Å². The molecule has 0 bridgehead atoms. The molecule has 1 fully saturated rings. The predicted octanol–water partition coefficient (Wildman–Crippen LogP) is 0.837. The summed E-state index contributed by atoms with van der Waals surface area (Å²) in [5, 5.41) is 8.24. The SMILES string of the molecule is COC(=O)[C@H]1CN(S(=O)(=O)c2ccc(C#N)cc2)CCS1. The topological polar surface area (TPSA) is 87.5 Å². The van der Waals surface area contributed by atoms with Crippen molar-refractivity contribution in [1.29, 1.82) is 5.26 Å². The van der Waals surface area contributed by atoms with Crippen LogP contribution in [-0.2, 0) is 19.6 Å². The zero-order valence-electron chi connectivity index (χ0n) is 11.4. The molecule has 8 heteroatoms. The standard InChI is InChI=1S/C13H14N2O4S2/c1-19-13(16)12-9-15(6-7-20-12)21(17,18)11-4-2-10(8-14)3-5-11/h2-5,12H,6-7,9H2,1H3/t12-/m1/s1. The Labute approximate surface area is 127 Å². The minimum Gasteiger partial charge on any atom is -0.468 e. The average Bonchev–Trinajstić information content (AvgIpc) is 2.54. The second kappa shape index (κ2) is 6.47. The van der Waals surface area contributed by atoms with E-state index in [2.05, 4.69) is 4.74 Å². The Morgan fingerprint density at radius 2 is 2.10 bits per heavy atom. The van der Waals surface area contributed by atoms with E-state index in [0.29, 0.717) is 17.9 Å². The number of benzene rings is 1. The van der Waals surface area contributed by atoms with Gasteiger partial charge in [0.2, 0.25) is 10.0 Å². The van der Waals surface area contributed by atoms with Gasteiger partial charge in [-0.1, -0.05) is 0 Å². The van der Waals surface area contributed by atoms with Gasteiger partial charge in [0.25, 0.3) is 0 Å². The lowest BCUT2D eigenvalue weighted by molar-refractivity contribution is -0.140. The fourth-order valence-electron chi connectivity index (χ4n) is 1.97. The third kappa shape index (κ3) is 3.37. The number of carbonyl (C=O) groups excluding carboxylic acids is 1. The van der Waals surface area contributed by atoms with Crippen LogP contribution in [0.25, 0.3) is 0 Å². The number of nitriles is 1. The molecule has 6 nitrogen and oxygen atoms in total. The molecule has 2 rings (SSSR count). The minimum absolute atomic E-state index is 0.0969. The molecule has 0 unspecified atom stereocenters. The lowest BCUT2D eigenvalue weighted by atomic mass is 10.2. The van der Waals surface area contributed by atoms with Crippen molar-refractivity contribution in [2.45, 2.75) is 10.1 Å². The van der Waals surface area contributed by atoms with Crippen molar-refractivity contribution < 1.29 is 17.9 Å². The van der Waals surface area contributed by atoms with E-state index >= 15 is 0 Å². The summed E-state index contributed by atoms with van der Waals surface area (Å²) in [6.45, 7) is 0.445. The number of methoxy groups -OCH3 is 1. The molecule has 1 aliphatic rings. The minimum atomic E-state index is -3.66. The number of hydrogen-bond donors (Lipinski definition) is 0. The van der Waals surface area contributed by atoms with Crippen molar-refractivity contribution in [3.63, 3.8) is 0 Å². The van der Waals surface area contributed by atoms with Gasteiger partial charge in [0.1, 0.15) is 5.25 Å². The summed E-state index contributed by atoms with van der Waals surface area (Å²) in [5.74, 6) is 0.120. The van der Waals surface area contributed by atoms with Gasteiger partial charge in [0.05, 0.1) is 23.6 Å². The lowest BCUT2D eigenvalue weighted by Crippen LogP contribution is -2.44. The number of rotatable bonds is 3. The van der Waals surface area contributed by atoms with Crippen molar-refractivity contribution in [2.75, 3.05) is 26.0 Å². The normalized spacial score (nSPS) is 19.7. The van der Waals surface area contributed by atoms with Crippen LogP contribution in [0.5, 0.6) is 0 Å². The molecule has 112 valence electrons. The van der Waals surface area contributed by atoms with Crippen LogP contribution in [0.2, 0.25) is 0 Å². The van der Waals surface area contributed by atoms with Gasteiger partial charge < -0.3 is 4.74 Å². The lowest BCUT2D eigenvalue weighted by Gasteiger charge is -2.30. The quantitative estimate of drug-likeness (QED) is 0.765. The summed E-state index contributed by atoms with van der Waals surface area (Å²) in [4.78, 5) is 11.7. The van der Waals surface area contributed by atoms with Crippen LogP contribution in [0.4, 0.5) is 0 Å². The maximum absolute atomic E-state index is 12.5. The molecule has 0 aliphatic carbocycles. The summed E-state index contributed by atoms with van der Waals surface area (Å²) in [5.41, 5.74) is 0.399. The van der Waals surface area contributed by atoms with Crippen LogP contribution in [0, 0.1) is 11.3 Å². The smallest absolute Gasteiger partial charge is 0.320 e. The van der Waals surface area contributed by atoms with Crippen molar-refractivity contribution in [3.05, 3.63) is 29.8 Å². The second-order valence-corrected chi connectivity index (χ2v) is 7.63. The van der Waals surface area contributed by atoms with E-state index < -0.39 is 21.2 Å². The number of thioether (sulfide) groups is 1. The highest BCUT2D eigenvalue weighted by atomic mass is 32.2. The molecule has 0 radical (unpaired) electrons. The zero-order valence-corrected chi connectivity index (χ0v) is 13.0. The maximum Gasteiger partial charge on any atom is 0.320 e. The molecule has 0 saturated carbocycles. The number of sulfonamides is 1. The zero-order chi connectivity index (χ0) is 15.5. The van der Waals surface area contributed by atoms with Crippen LogP contribution < -0.4 is 0 Å². The Morgan fingerprint density at radius 1 is 1.43 bits per heavy atom. The van der Waals surface area contributed by atoms with Crippen molar-refractivity contribution in [1.82, 2.24) is 4.31 Å². The third-order valence-corrected chi connectivity index (χ3v) is 6.16. The van der Waals surface area contributed by atoms with Gasteiger partial charge in [-0.15, -0.1) is 11.8 Å². The molecule has 0 amide bonds. The van der Waals surface area contributed by atoms with Gasteiger partial charge in [-0.25, -0.2) is 8.42 Å². The summed E-state index contributed by atoms with van der Waals surface area (Å²) in [7, 11) is -2.37. The average molecular weight is 326 g/mol. The Bertz CT molecular complexity index is 664. The summed E-state index contributed by atoms with van der Waals surface area (Å²) in [6, 6.07) is 7.68. The summed E-state index contributed by atoms with van der Waals surface area (Å²) < 4.78 is 31.0. The molecule has 1 aliphatic heterocycles. The van der Waals surface area contributed by atoms with Gasteiger partial charge in [0.15, 0.2) is 0 Å².